The molecule has 3 rings (SSSR count). The Morgan fingerprint density at radius 1 is 1.30 bits per heavy atom. The zero-order valence-corrected chi connectivity index (χ0v) is 15.1. The van der Waals surface area contributed by atoms with Crippen molar-refractivity contribution in [3.63, 3.8) is 0 Å². The summed E-state index contributed by atoms with van der Waals surface area (Å²) in [6.45, 7) is 5.73. The normalized spacial score (nSPS) is 12.0. The van der Waals surface area contributed by atoms with Crippen molar-refractivity contribution in [3.8, 4) is 6.07 Å². The molecule has 1 atom stereocenters. The zero-order valence-electron chi connectivity index (χ0n) is 15.1. The molecule has 2 aromatic heterocycles. The molecule has 0 bridgehead atoms. The molecule has 0 aliphatic carbocycles. The van der Waals surface area contributed by atoms with E-state index in [0.29, 0.717) is 22.4 Å². The Balaban J connectivity index is 1.82. The van der Waals surface area contributed by atoms with Crippen LogP contribution in [-0.4, -0.2) is 16.0 Å². The van der Waals surface area contributed by atoms with Gasteiger partial charge in [-0.25, -0.2) is 19.2 Å². The van der Waals surface area contributed by atoms with Crippen LogP contribution in [0.4, 0.5) is 14.9 Å². The van der Waals surface area contributed by atoms with Gasteiger partial charge in [0, 0.05) is 10.9 Å². The monoisotopic (exact) mass is 367 g/mol. The second kappa shape index (κ2) is 7.41. The number of aromatic nitrogens is 2. The van der Waals surface area contributed by atoms with E-state index in [-0.39, 0.29) is 17.6 Å². The Morgan fingerprint density at radius 2 is 2.00 bits per heavy atom. The van der Waals surface area contributed by atoms with Gasteiger partial charge in [0.05, 0.1) is 24.1 Å². The van der Waals surface area contributed by atoms with Crippen molar-refractivity contribution in [2.24, 2.45) is 5.92 Å². The summed E-state index contributed by atoms with van der Waals surface area (Å²) in [6.07, 6.45) is 2.70. The molecule has 2 amide bonds. The number of hydrogen-bond donors (Lipinski definition) is 2. The first kappa shape index (κ1) is 18.3. The summed E-state index contributed by atoms with van der Waals surface area (Å²) in [6, 6.07) is 5.26. The van der Waals surface area contributed by atoms with E-state index >= 15 is 0 Å². The summed E-state index contributed by atoms with van der Waals surface area (Å²) < 4.78 is 19.4. The Morgan fingerprint density at radius 3 is 2.63 bits per heavy atom. The summed E-state index contributed by atoms with van der Waals surface area (Å²) in [4.78, 5) is 20.0. The molecule has 2 N–H and O–H groups in total. The topological polar surface area (TPSA) is 104 Å². The predicted molar refractivity (Wildman–Crippen MR) is 97.4 cm³/mol. The van der Waals surface area contributed by atoms with Crippen LogP contribution in [0.2, 0.25) is 0 Å². The average Bonchev–Trinajstić information content (AvgIpc) is 2.96. The molecule has 0 saturated carbocycles. The van der Waals surface area contributed by atoms with Gasteiger partial charge in [0.1, 0.15) is 23.2 Å². The lowest BCUT2D eigenvalue weighted by molar-refractivity contribution is 0.241. The van der Waals surface area contributed by atoms with Crippen LogP contribution in [0.15, 0.2) is 35.0 Å². The number of urea groups is 1. The molecule has 27 heavy (non-hydrogen) atoms. The van der Waals surface area contributed by atoms with Gasteiger partial charge >= 0.3 is 6.03 Å². The summed E-state index contributed by atoms with van der Waals surface area (Å²) in [5.41, 5.74) is 1.71. The van der Waals surface area contributed by atoms with Crippen LogP contribution in [0.1, 0.15) is 37.0 Å². The van der Waals surface area contributed by atoms with Crippen molar-refractivity contribution < 1.29 is 13.6 Å². The van der Waals surface area contributed by atoms with Gasteiger partial charge in [0.15, 0.2) is 0 Å². The van der Waals surface area contributed by atoms with E-state index < -0.39 is 12.1 Å². The second-order valence-electron chi connectivity index (χ2n) is 6.46. The molecule has 8 heteroatoms. The fraction of sp³-hybridized carbons (Fsp3) is 0.263. The summed E-state index contributed by atoms with van der Waals surface area (Å²) >= 11 is 0. The number of nitriles is 1. The van der Waals surface area contributed by atoms with E-state index in [0.717, 1.165) is 5.56 Å². The van der Waals surface area contributed by atoms with E-state index in [1.54, 1.807) is 6.07 Å². The molecule has 0 saturated heterocycles. The summed E-state index contributed by atoms with van der Waals surface area (Å²) in [7, 11) is 0. The van der Waals surface area contributed by atoms with Gasteiger partial charge in [-0.05, 0) is 31.0 Å². The molecular weight excluding hydrogens is 349 g/mol. The third kappa shape index (κ3) is 3.87. The predicted octanol–water partition coefficient (Wildman–Crippen LogP) is 4.06. The summed E-state index contributed by atoms with van der Waals surface area (Å²) in [5, 5.41) is 14.9. The van der Waals surface area contributed by atoms with Crippen molar-refractivity contribution in [2.45, 2.75) is 26.8 Å². The van der Waals surface area contributed by atoms with E-state index in [1.165, 1.54) is 24.5 Å². The number of fused-ring (bicyclic) bond motifs is 1. The number of halogens is 1. The number of carbonyl (C=O) groups is 1. The molecule has 2 heterocycles. The third-order valence-electron chi connectivity index (χ3n) is 4.18. The van der Waals surface area contributed by atoms with Gasteiger partial charge in [0.2, 0.25) is 5.82 Å². The maximum atomic E-state index is 13.5. The Bertz CT molecular complexity index is 1020. The molecule has 0 aliphatic rings. The van der Waals surface area contributed by atoms with Gasteiger partial charge in [-0.15, -0.1) is 0 Å². The zero-order chi connectivity index (χ0) is 19.6. The number of amides is 2. The molecule has 3 aromatic rings. The molecule has 0 spiro atoms. The minimum Gasteiger partial charge on any atom is -0.459 e. The van der Waals surface area contributed by atoms with Crippen molar-refractivity contribution in [1.82, 2.24) is 15.3 Å². The van der Waals surface area contributed by atoms with Crippen molar-refractivity contribution in [3.05, 3.63) is 53.6 Å². The van der Waals surface area contributed by atoms with Crippen LogP contribution < -0.4 is 10.6 Å². The van der Waals surface area contributed by atoms with Crippen molar-refractivity contribution in [1.29, 1.82) is 5.26 Å². The number of furan rings is 1. The highest BCUT2D eigenvalue weighted by molar-refractivity contribution is 5.89. The lowest BCUT2D eigenvalue weighted by atomic mass is 9.98. The minimum atomic E-state index is -0.465. The molecule has 0 unspecified atom stereocenters. The van der Waals surface area contributed by atoms with Crippen LogP contribution in [0.25, 0.3) is 11.0 Å². The number of nitrogens with zero attached hydrogens (tertiary/aromatic N) is 3. The number of anilines is 1. The average molecular weight is 367 g/mol. The Kier molecular flexibility index (Phi) is 5.03. The molecular formula is C19H18FN5O2. The number of hydrogen-bond acceptors (Lipinski definition) is 5. The van der Waals surface area contributed by atoms with E-state index in [1.807, 2.05) is 26.8 Å². The molecule has 0 aliphatic heterocycles. The molecule has 138 valence electrons. The smallest absolute Gasteiger partial charge is 0.319 e. The van der Waals surface area contributed by atoms with Crippen LogP contribution in [0.5, 0.6) is 0 Å². The third-order valence-corrected chi connectivity index (χ3v) is 4.18. The number of benzene rings is 1. The van der Waals surface area contributed by atoms with Gasteiger partial charge < -0.3 is 15.1 Å². The Hall–Kier alpha value is -3.47. The lowest BCUT2D eigenvalue weighted by Crippen LogP contribution is -2.35. The second-order valence-corrected chi connectivity index (χ2v) is 6.46. The first-order valence-corrected chi connectivity index (χ1v) is 8.37. The maximum Gasteiger partial charge on any atom is 0.319 e. The molecule has 7 nitrogen and oxygen atoms in total. The van der Waals surface area contributed by atoms with E-state index in [9.17, 15) is 9.18 Å². The van der Waals surface area contributed by atoms with Gasteiger partial charge in [-0.3, -0.25) is 0 Å². The summed E-state index contributed by atoms with van der Waals surface area (Å²) in [5.74, 6) is 0.283. The highest BCUT2D eigenvalue weighted by Gasteiger charge is 2.25. The molecule has 0 fully saturated rings. The van der Waals surface area contributed by atoms with Gasteiger partial charge in [0.25, 0.3) is 0 Å². The first-order valence-electron chi connectivity index (χ1n) is 8.37. The number of aryl methyl sites for hydroxylation is 1. The molecule has 1 aromatic carbocycles. The highest BCUT2D eigenvalue weighted by Crippen LogP contribution is 2.33. The van der Waals surface area contributed by atoms with Crippen LogP contribution in [-0.2, 0) is 0 Å². The molecule has 0 radical (unpaired) electrons. The van der Waals surface area contributed by atoms with Gasteiger partial charge in [-0.2, -0.15) is 5.26 Å². The van der Waals surface area contributed by atoms with Gasteiger partial charge in [-0.1, -0.05) is 13.8 Å². The maximum absolute atomic E-state index is 13.5. The van der Waals surface area contributed by atoms with Crippen LogP contribution >= 0.6 is 0 Å². The number of rotatable bonds is 4. The fourth-order valence-corrected chi connectivity index (χ4v) is 2.80. The van der Waals surface area contributed by atoms with Crippen LogP contribution in [0, 0.1) is 30.0 Å². The standard InChI is InChI=1S/C19H18FN5O2/c1-10(2)17(18-11(3)14-6-12(20)4-5-15(14)27-18)25-19(26)24-13-8-22-16(7-21)23-9-13/h4-6,8-10,17H,1-3H3,(H2,24,25,26)/t17-/m0/s1. The number of nitrogens with one attached hydrogen (secondary N) is 2. The van der Waals surface area contributed by atoms with E-state index in [4.69, 9.17) is 9.68 Å². The van der Waals surface area contributed by atoms with Crippen molar-refractivity contribution in [2.75, 3.05) is 5.32 Å². The van der Waals surface area contributed by atoms with Crippen molar-refractivity contribution >= 4 is 22.7 Å². The number of carbonyl (C=O) groups excluding carboxylic acids is 1. The highest BCUT2D eigenvalue weighted by atomic mass is 19.1. The SMILES string of the molecule is Cc1c([C@@H](NC(=O)Nc2cnc(C#N)nc2)C(C)C)oc2ccc(F)cc12. The minimum absolute atomic E-state index is 0.0196. The lowest BCUT2D eigenvalue weighted by Gasteiger charge is -2.21. The van der Waals surface area contributed by atoms with E-state index in [2.05, 4.69) is 20.6 Å². The van der Waals surface area contributed by atoms with Crippen LogP contribution in [0.3, 0.4) is 0 Å². The first-order chi connectivity index (χ1) is 12.9. The quantitative estimate of drug-likeness (QED) is 0.724. The largest absolute Gasteiger partial charge is 0.459 e. The fourth-order valence-electron chi connectivity index (χ4n) is 2.80. The Labute approximate surface area is 155 Å².